The summed E-state index contributed by atoms with van der Waals surface area (Å²) in [6.07, 6.45) is 0. The first-order chi connectivity index (χ1) is 25.4. The molecule has 0 aliphatic carbocycles. The van der Waals surface area contributed by atoms with Crippen LogP contribution in [0.4, 0.5) is 17.3 Å². The predicted octanol–water partition coefficient (Wildman–Crippen LogP) is 13.0. The van der Waals surface area contributed by atoms with Crippen LogP contribution >= 0.6 is 0 Å². The fourth-order valence-corrected chi connectivity index (χ4v) is 7.43. The van der Waals surface area contributed by atoms with Gasteiger partial charge >= 0.3 is 0 Å². The molecule has 9 rings (SSSR count). The van der Waals surface area contributed by atoms with Crippen LogP contribution in [0, 0.1) is 6.92 Å². The summed E-state index contributed by atoms with van der Waals surface area (Å²) in [5.74, 6) is 2.05. The van der Waals surface area contributed by atoms with Crippen LogP contribution in [0.15, 0.2) is 136 Å². The maximum Gasteiger partial charge on any atom is 0.227 e. The van der Waals surface area contributed by atoms with Gasteiger partial charge in [-0.2, -0.15) is 0 Å². The highest BCUT2D eigenvalue weighted by atomic mass is 16.3. The number of anilines is 3. The molecular formula is C46H38N4O2. The number of rotatable bonds is 7. The van der Waals surface area contributed by atoms with Crippen molar-refractivity contribution >= 4 is 61.3 Å². The van der Waals surface area contributed by atoms with Gasteiger partial charge < -0.3 is 8.83 Å². The van der Waals surface area contributed by atoms with Gasteiger partial charge in [-0.15, -0.1) is 0 Å². The number of hydrogen-bond donors (Lipinski definition) is 0. The molecule has 0 spiro atoms. The Balaban J connectivity index is 1.27. The Bertz CT molecular complexity index is 2760. The zero-order valence-electron chi connectivity index (χ0n) is 29.9. The monoisotopic (exact) mass is 678 g/mol. The molecular weight excluding hydrogens is 641 g/mol. The Hall–Kier alpha value is -6.27. The molecule has 0 unspecified atom stereocenters. The normalized spacial score (nSPS) is 11.9. The Morgan fingerprint density at radius 3 is 1.65 bits per heavy atom. The third-order valence-corrected chi connectivity index (χ3v) is 9.95. The van der Waals surface area contributed by atoms with Crippen LogP contribution in [0.25, 0.3) is 66.5 Å². The number of aryl methyl sites for hydroxylation is 1. The van der Waals surface area contributed by atoms with Crippen LogP contribution in [0.3, 0.4) is 0 Å². The lowest BCUT2D eigenvalue weighted by molar-refractivity contribution is 0.653. The molecule has 0 amide bonds. The summed E-state index contributed by atoms with van der Waals surface area (Å²) in [4.78, 5) is 17.7. The molecule has 0 aliphatic rings. The molecule has 0 saturated heterocycles. The van der Waals surface area contributed by atoms with Crippen LogP contribution in [0.2, 0.25) is 0 Å². The van der Waals surface area contributed by atoms with E-state index < -0.39 is 0 Å². The van der Waals surface area contributed by atoms with Gasteiger partial charge in [0.15, 0.2) is 0 Å². The molecule has 6 nitrogen and oxygen atoms in total. The molecule has 52 heavy (non-hydrogen) atoms. The van der Waals surface area contributed by atoms with Crippen LogP contribution in [0.1, 0.15) is 56.4 Å². The van der Waals surface area contributed by atoms with E-state index in [2.05, 4.69) is 135 Å². The average molecular weight is 679 g/mol. The molecule has 0 saturated carbocycles. The maximum absolute atomic E-state index is 6.46. The van der Waals surface area contributed by atoms with Crippen LogP contribution < -0.4 is 4.90 Å². The zero-order chi connectivity index (χ0) is 35.5. The van der Waals surface area contributed by atoms with Crippen LogP contribution in [-0.4, -0.2) is 15.0 Å². The number of aromatic nitrogens is 3. The van der Waals surface area contributed by atoms with Crippen molar-refractivity contribution in [3.8, 4) is 22.5 Å². The molecule has 0 radical (unpaired) electrons. The fraction of sp³-hybridized carbons (Fsp3) is 0.152. The van der Waals surface area contributed by atoms with Gasteiger partial charge in [-0.25, -0.2) is 15.0 Å². The minimum absolute atomic E-state index is 0.257. The number of nitrogens with zero attached hydrogens (tertiary/aromatic N) is 4. The van der Waals surface area contributed by atoms with Crippen LogP contribution in [-0.2, 0) is 0 Å². The van der Waals surface area contributed by atoms with Gasteiger partial charge in [0.25, 0.3) is 0 Å². The van der Waals surface area contributed by atoms with Crippen molar-refractivity contribution in [3.05, 3.63) is 144 Å². The SMILES string of the molecule is Cc1ccc2c(n1)oc1c(-c3cccc(N(c4cccc(-c5cccc6c5oc5ccccc56)n4)c4c(C(C)C)cccc4C(C)C)n3)cccc12. The summed E-state index contributed by atoms with van der Waals surface area (Å²) >= 11 is 0. The molecule has 6 heteroatoms. The second-order valence-electron chi connectivity index (χ2n) is 14.1. The van der Waals surface area contributed by atoms with E-state index in [1.807, 2.05) is 37.3 Å². The van der Waals surface area contributed by atoms with E-state index >= 15 is 0 Å². The molecule has 0 N–H and O–H groups in total. The second-order valence-corrected chi connectivity index (χ2v) is 14.1. The number of pyridine rings is 3. The van der Waals surface area contributed by atoms with Gasteiger partial charge in [0.2, 0.25) is 5.71 Å². The lowest BCUT2D eigenvalue weighted by Gasteiger charge is -2.31. The summed E-state index contributed by atoms with van der Waals surface area (Å²) < 4.78 is 12.9. The van der Waals surface area contributed by atoms with Gasteiger partial charge in [0.05, 0.1) is 17.1 Å². The molecule has 5 heterocycles. The second kappa shape index (κ2) is 12.5. The van der Waals surface area contributed by atoms with E-state index in [4.69, 9.17) is 18.8 Å². The fourth-order valence-electron chi connectivity index (χ4n) is 7.43. The molecule has 4 aromatic carbocycles. The summed E-state index contributed by atoms with van der Waals surface area (Å²) in [6.45, 7) is 11.0. The first-order valence-electron chi connectivity index (χ1n) is 17.9. The van der Waals surface area contributed by atoms with Crippen molar-refractivity contribution in [2.45, 2.75) is 46.5 Å². The van der Waals surface area contributed by atoms with E-state index in [0.29, 0.717) is 5.71 Å². The minimum Gasteiger partial charge on any atom is -0.455 e. The third kappa shape index (κ3) is 5.22. The van der Waals surface area contributed by atoms with E-state index in [1.54, 1.807) is 0 Å². The Labute approximate surface area is 302 Å². The number of furan rings is 2. The molecule has 0 aliphatic heterocycles. The Morgan fingerprint density at radius 2 is 1.02 bits per heavy atom. The number of para-hydroxylation sites is 4. The zero-order valence-corrected chi connectivity index (χ0v) is 29.9. The summed E-state index contributed by atoms with van der Waals surface area (Å²) in [5.41, 5.74) is 11.1. The highest BCUT2D eigenvalue weighted by Gasteiger charge is 2.26. The van der Waals surface area contributed by atoms with Crippen molar-refractivity contribution in [2.75, 3.05) is 4.90 Å². The largest absolute Gasteiger partial charge is 0.455 e. The summed E-state index contributed by atoms with van der Waals surface area (Å²) in [5, 5.41) is 4.18. The van der Waals surface area contributed by atoms with E-state index in [9.17, 15) is 0 Å². The topological polar surface area (TPSA) is 68.2 Å². The third-order valence-electron chi connectivity index (χ3n) is 9.95. The molecule has 0 fully saturated rings. The van der Waals surface area contributed by atoms with Gasteiger partial charge in [-0.3, -0.25) is 4.90 Å². The minimum atomic E-state index is 0.257. The van der Waals surface area contributed by atoms with E-state index in [-0.39, 0.29) is 11.8 Å². The quantitative estimate of drug-likeness (QED) is 0.167. The molecule has 9 aromatic rings. The highest BCUT2D eigenvalue weighted by molar-refractivity contribution is 6.10. The van der Waals surface area contributed by atoms with Crippen molar-refractivity contribution < 1.29 is 8.83 Å². The molecule has 0 atom stereocenters. The van der Waals surface area contributed by atoms with Gasteiger partial charge in [-0.05, 0) is 84.5 Å². The summed E-state index contributed by atoms with van der Waals surface area (Å²) in [7, 11) is 0. The van der Waals surface area contributed by atoms with Crippen LogP contribution in [0.5, 0.6) is 0 Å². The first-order valence-corrected chi connectivity index (χ1v) is 17.9. The first kappa shape index (κ1) is 31.7. The Morgan fingerprint density at radius 1 is 0.481 bits per heavy atom. The predicted molar refractivity (Wildman–Crippen MR) is 213 cm³/mol. The van der Waals surface area contributed by atoms with E-state index in [1.165, 1.54) is 11.1 Å². The van der Waals surface area contributed by atoms with Crippen molar-refractivity contribution in [3.63, 3.8) is 0 Å². The van der Waals surface area contributed by atoms with E-state index in [0.717, 1.165) is 83.8 Å². The van der Waals surface area contributed by atoms with Gasteiger partial charge in [0.1, 0.15) is 28.4 Å². The van der Waals surface area contributed by atoms with Gasteiger partial charge in [-0.1, -0.05) is 100 Å². The molecule has 254 valence electrons. The standard InChI is InChI=1S/C46H38N4O2/c1-27(2)30-14-8-15-31(28(3)4)43(30)50(41-23-11-20-38(48-41)36-18-9-16-33-32-13-6-7-22-40(32)51-44(33)36)42-24-12-21-39(49-42)37-19-10-17-34-35-26-25-29(5)47-46(35)52-45(34)37/h6-28H,1-5H3. The smallest absolute Gasteiger partial charge is 0.227 e. The van der Waals surface area contributed by atoms with Crippen molar-refractivity contribution in [2.24, 2.45) is 0 Å². The number of hydrogen-bond acceptors (Lipinski definition) is 6. The average Bonchev–Trinajstić information content (AvgIpc) is 3.73. The van der Waals surface area contributed by atoms with Crippen molar-refractivity contribution in [1.29, 1.82) is 0 Å². The van der Waals surface area contributed by atoms with Crippen molar-refractivity contribution in [1.82, 2.24) is 15.0 Å². The summed E-state index contributed by atoms with van der Waals surface area (Å²) in [6, 6.07) is 43.8. The number of fused-ring (bicyclic) bond motifs is 6. The lowest BCUT2D eigenvalue weighted by Crippen LogP contribution is -2.18. The number of benzene rings is 4. The van der Waals surface area contributed by atoms with Gasteiger partial charge in [0, 0.05) is 38.4 Å². The molecule has 0 bridgehead atoms. The Kier molecular flexibility index (Phi) is 7.62. The highest BCUT2D eigenvalue weighted by Crippen LogP contribution is 2.44. The molecule has 5 aromatic heterocycles. The lowest BCUT2D eigenvalue weighted by atomic mass is 9.91. The maximum atomic E-state index is 6.46.